The van der Waals surface area contributed by atoms with Crippen LogP contribution >= 0.6 is 0 Å². The van der Waals surface area contributed by atoms with Crippen LogP contribution in [0.2, 0.25) is 0 Å². The Balaban J connectivity index is 1.94. The first-order valence-corrected chi connectivity index (χ1v) is 6.23. The van der Waals surface area contributed by atoms with Gasteiger partial charge < -0.3 is 4.40 Å². The molecule has 0 fully saturated rings. The lowest BCUT2D eigenvalue weighted by Crippen LogP contribution is -2.12. The second-order valence-electron chi connectivity index (χ2n) is 4.49. The van der Waals surface area contributed by atoms with Crippen molar-refractivity contribution in [2.45, 2.75) is 0 Å². The van der Waals surface area contributed by atoms with Gasteiger partial charge in [0.25, 0.3) is 5.91 Å². The zero-order valence-electron chi connectivity index (χ0n) is 10.5. The topological polar surface area (TPSA) is 52.2 Å². The molecular formula is C15H10N4O. The molecule has 0 unspecified atom stereocenters. The molecule has 3 heterocycles. The number of hydrogen-bond acceptors (Lipinski definition) is 3. The van der Waals surface area contributed by atoms with Crippen molar-refractivity contribution >= 4 is 22.6 Å². The van der Waals surface area contributed by atoms with Crippen molar-refractivity contribution < 1.29 is 4.79 Å². The number of carbonyl (C=O) groups excluding carboxylic acids is 1. The molecule has 20 heavy (non-hydrogen) atoms. The van der Waals surface area contributed by atoms with Gasteiger partial charge in [0.15, 0.2) is 0 Å². The first kappa shape index (κ1) is 10.9. The Morgan fingerprint density at radius 1 is 1.00 bits per heavy atom. The van der Waals surface area contributed by atoms with Gasteiger partial charge in [-0.1, -0.05) is 12.1 Å². The van der Waals surface area contributed by atoms with Gasteiger partial charge in [0.05, 0.1) is 16.6 Å². The molecule has 0 aliphatic carbocycles. The van der Waals surface area contributed by atoms with Crippen LogP contribution in [0.15, 0.2) is 61.3 Å². The Hall–Kier alpha value is -2.95. The molecule has 3 aromatic heterocycles. The molecule has 0 aliphatic heterocycles. The van der Waals surface area contributed by atoms with E-state index in [9.17, 15) is 4.79 Å². The van der Waals surface area contributed by atoms with E-state index in [0.29, 0.717) is 11.2 Å². The van der Waals surface area contributed by atoms with Crippen molar-refractivity contribution in [1.82, 2.24) is 18.9 Å². The third kappa shape index (κ3) is 1.46. The van der Waals surface area contributed by atoms with Crippen molar-refractivity contribution in [3.8, 4) is 0 Å². The number of imidazole rings is 2. The largest absolute Gasteiger partial charge is 0.306 e. The first-order valence-electron chi connectivity index (χ1n) is 6.23. The van der Waals surface area contributed by atoms with Crippen molar-refractivity contribution in [2.75, 3.05) is 0 Å². The molecule has 0 amide bonds. The highest BCUT2D eigenvalue weighted by Gasteiger charge is 2.15. The van der Waals surface area contributed by atoms with Gasteiger partial charge in [0, 0.05) is 18.6 Å². The fourth-order valence-electron chi connectivity index (χ4n) is 2.37. The number of para-hydroxylation sites is 2. The number of carbonyl (C=O) groups is 1. The van der Waals surface area contributed by atoms with E-state index in [2.05, 4.69) is 9.97 Å². The van der Waals surface area contributed by atoms with Crippen molar-refractivity contribution in [1.29, 1.82) is 0 Å². The van der Waals surface area contributed by atoms with E-state index in [1.54, 1.807) is 23.2 Å². The van der Waals surface area contributed by atoms with Gasteiger partial charge in [-0.15, -0.1) is 0 Å². The molecule has 5 nitrogen and oxygen atoms in total. The van der Waals surface area contributed by atoms with E-state index < -0.39 is 0 Å². The fraction of sp³-hybridized carbons (Fsp3) is 0. The molecule has 96 valence electrons. The highest BCUT2D eigenvalue weighted by atomic mass is 16.2. The summed E-state index contributed by atoms with van der Waals surface area (Å²) in [5, 5.41) is 0. The van der Waals surface area contributed by atoms with Crippen molar-refractivity contribution in [3.05, 3.63) is 66.9 Å². The van der Waals surface area contributed by atoms with Gasteiger partial charge in [0.1, 0.15) is 12.0 Å². The predicted octanol–water partition coefficient (Wildman–Crippen LogP) is 2.37. The summed E-state index contributed by atoms with van der Waals surface area (Å²) in [7, 11) is 0. The number of pyridine rings is 1. The molecule has 4 rings (SSSR count). The maximum atomic E-state index is 12.7. The third-order valence-electron chi connectivity index (χ3n) is 3.32. The van der Waals surface area contributed by atoms with Crippen LogP contribution in [-0.4, -0.2) is 24.8 Å². The summed E-state index contributed by atoms with van der Waals surface area (Å²) in [6.45, 7) is 0. The first-order chi connectivity index (χ1) is 9.84. The van der Waals surface area contributed by atoms with Crippen molar-refractivity contribution in [3.63, 3.8) is 0 Å². The Kier molecular flexibility index (Phi) is 2.20. The van der Waals surface area contributed by atoms with E-state index in [1.807, 2.05) is 47.1 Å². The monoisotopic (exact) mass is 262 g/mol. The lowest BCUT2D eigenvalue weighted by atomic mass is 10.2. The maximum Gasteiger partial charge on any atom is 0.267 e. The van der Waals surface area contributed by atoms with Gasteiger partial charge in [0.2, 0.25) is 0 Å². The lowest BCUT2D eigenvalue weighted by Gasteiger charge is -2.04. The quantitative estimate of drug-likeness (QED) is 0.529. The predicted molar refractivity (Wildman–Crippen MR) is 74.7 cm³/mol. The Morgan fingerprint density at radius 2 is 1.90 bits per heavy atom. The number of fused-ring (bicyclic) bond motifs is 2. The number of benzene rings is 1. The van der Waals surface area contributed by atoms with Crippen LogP contribution in [-0.2, 0) is 0 Å². The highest BCUT2D eigenvalue weighted by molar-refractivity contribution is 6.04. The summed E-state index contributed by atoms with van der Waals surface area (Å²) in [5.74, 6) is -0.129. The van der Waals surface area contributed by atoms with Gasteiger partial charge >= 0.3 is 0 Å². The number of hydrogen-bond donors (Lipinski definition) is 0. The normalized spacial score (nSPS) is 11.2. The molecule has 0 saturated carbocycles. The summed E-state index contributed by atoms with van der Waals surface area (Å²) < 4.78 is 3.38. The Morgan fingerprint density at radius 3 is 2.85 bits per heavy atom. The zero-order valence-corrected chi connectivity index (χ0v) is 10.5. The maximum absolute atomic E-state index is 12.7. The van der Waals surface area contributed by atoms with E-state index in [-0.39, 0.29) is 5.91 Å². The van der Waals surface area contributed by atoms with E-state index in [1.165, 1.54) is 0 Å². The summed E-state index contributed by atoms with van der Waals surface area (Å²) in [5.41, 5.74) is 2.80. The SMILES string of the molecule is O=C(c1cccn2ccnc12)n1cnc2ccccc21. The van der Waals surface area contributed by atoms with E-state index >= 15 is 0 Å². The molecule has 0 atom stereocenters. The van der Waals surface area contributed by atoms with E-state index in [4.69, 9.17) is 0 Å². The molecule has 0 N–H and O–H groups in total. The molecule has 0 aliphatic rings. The number of rotatable bonds is 1. The standard InChI is InChI=1S/C15H10N4O/c20-15(11-4-3-8-18-9-7-16-14(11)18)19-10-17-12-5-1-2-6-13(12)19/h1-10H. The molecule has 0 bridgehead atoms. The second-order valence-corrected chi connectivity index (χ2v) is 4.49. The van der Waals surface area contributed by atoms with E-state index in [0.717, 1.165) is 11.0 Å². The van der Waals surface area contributed by atoms with Crippen LogP contribution in [0.1, 0.15) is 10.4 Å². The van der Waals surface area contributed by atoms with Crippen LogP contribution in [0, 0.1) is 0 Å². The summed E-state index contributed by atoms with van der Waals surface area (Å²) in [6.07, 6.45) is 6.92. The van der Waals surface area contributed by atoms with Crippen molar-refractivity contribution in [2.24, 2.45) is 0 Å². The fourth-order valence-corrected chi connectivity index (χ4v) is 2.37. The van der Waals surface area contributed by atoms with Crippen LogP contribution in [0.3, 0.4) is 0 Å². The number of nitrogens with zero attached hydrogens (tertiary/aromatic N) is 4. The van der Waals surface area contributed by atoms with Gasteiger partial charge in [-0.25, -0.2) is 9.97 Å². The lowest BCUT2D eigenvalue weighted by molar-refractivity contribution is 0.0965. The molecule has 1 aromatic carbocycles. The van der Waals surface area contributed by atoms with Crippen LogP contribution in [0.4, 0.5) is 0 Å². The second kappa shape index (κ2) is 4.03. The van der Waals surface area contributed by atoms with Crippen LogP contribution in [0.5, 0.6) is 0 Å². The summed E-state index contributed by atoms with van der Waals surface area (Å²) in [4.78, 5) is 21.2. The smallest absolute Gasteiger partial charge is 0.267 e. The zero-order chi connectivity index (χ0) is 13.5. The van der Waals surface area contributed by atoms with Gasteiger partial charge in [-0.05, 0) is 24.3 Å². The molecule has 0 radical (unpaired) electrons. The molecule has 5 heteroatoms. The number of aromatic nitrogens is 4. The minimum absolute atomic E-state index is 0.129. The Labute approximate surface area is 114 Å². The minimum Gasteiger partial charge on any atom is -0.306 e. The molecule has 0 saturated heterocycles. The third-order valence-corrected chi connectivity index (χ3v) is 3.32. The minimum atomic E-state index is -0.129. The molecule has 0 spiro atoms. The Bertz CT molecular complexity index is 935. The molecular weight excluding hydrogens is 252 g/mol. The average Bonchev–Trinajstić information content (AvgIpc) is 3.12. The van der Waals surface area contributed by atoms with Gasteiger partial charge in [-0.2, -0.15) is 0 Å². The summed E-state index contributed by atoms with van der Waals surface area (Å²) >= 11 is 0. The summed E-state index contributed by atoms with van der Waals surface area (Å²) in [6, 6.07) is 11.2. The van der Waals surface area contributed by atoms with Crippen LogP contribution in [0.25, 0.3) is 16.7 Å². The average molecular weight is 262 g/mol. The van der Waals surface area contributed by atoms with Crippen LogP contribution < -0.4 is 0 Å². The molecule has 4 aromatic rings. The van der Waals surface area contributed by atoms with Gasteiger partial charge in [-0.3, -0.25) is 9.36 Å². The highest BCUT2D eigenvalue weighted by Crippen LogP contribution is 2.16.